The molecule has 1 N–H and O–H groups in total. The van der Waals surface area contributed by atoms with Crippen LogP contribution >= 0.6 is 23.2 Å². The molecule has 3 heterocycles. The molecule has 4 rings (SSSR count). The fourth-order valence-electron chi connectivity index (χ4n) is 2.60. The molecule has 0 unspecified atom stereocenters. The minimum Gasteiger partial charge on any atom is -0.377 e. The van der Waals surface area contributed by atoms with Gasteiger partial charge in [-0.1, -0.05) is 41.4 Å². The Balaban J connectivity index is 1.58. The first-order chi connectivity index (χ1) is 12.6. The molecule has 1 aromatic carbocycles. The van der Waals surface area contributed by atoms with Crippen LogP contribution in [0.3, 0.4) is 0 Å². The van der Waals surface area contributed by atoms with E-state index in [1.165, 1.54) is 10.9 Å². The average molecular weight is 386 g/mol. The van der Waals surface area contributed by atoms with Crippen LogP contribution in [0, 0.1) is 0 Å². The fraction of sp³-hybridized carbons (Fsp3) is 0.0556. The first-order valence-corrected chi connectivity index (χ1v) is 8.58. The number of hydrogen-bond donors (Lipinski definition) is 1. The van der Waals surface area contributed by atoms with Crippen molar-refractivity contribution in [2.24, 2.45) is 0 Å². The SMILES string of the molecule is O=c1c(Cl)c(NCc2cn3cc(Cl)ccc3n2)cnn1-c1ccccc1. The van der Waals surface area contributed by atoms with Crippen molar-refractivity contribution in [2.75, 3.05) is 5.32 Å². The second kappa shape index (κ2) is 6.82. The number of rotatable bonds is 4. The molecule has 0 fully saturated rings. The number of aromatic nitrogens is 4. The Hall–Kier alpha value is -2.83. The molecule has 4 aromatic rings. The van der Waals surface area contributed by atoms with E-state index in [-0.39, 0.29) is 10.6 Å². The third kappa shape index (κ3) is 3.16. The van der Waals surface area contributed by atoms with Crippen LogP contribution in [0.1, 0.15) is 5.69 Å². The number of halogens is 2. The molecule has 6 nitrogen and oxygen atoms in total. The van der Waals surface area contributed by atoms with E-state index in [1.807, 2.05) is 34.9 Å². The Kier molecular flexibility index (Phi) is 4.36. The summed E-state index contributed by atoms with van der Waals surface area (Å²) in [5, 5.41) is 8.01. The molecule has 26 heavy (non-hydrogen) atoms. The van der Waals surface area contributed by atoms with Gasteiger partial charge in [0.05, 0.1) is 34.8 Å². The molecule has 130 valence electrons. The van der Waals surface area contributed by atoms with Gasteiger partial charge >= 0.3 is 0 Å². The van der Waals surface area contributed by atoms with Crippen LogP contribution in [-0.2, 0) is 6.54 Å². The minimum absolute atomic E-state index is 0.0793. The Morgan fingerprint density at radius 2 is 1.85 bits per heavy atom. The maximum Gasteiger partial charge on any atom is 0.292 e. The lowest BCUT2D eigenvalue weighted by Crippen LogP contribution is -2.22. The number of anilines is 1. The molecule has 0 amide bonds. The van der Waals surface area contributed by atoms with Gasteiger partial charge in [0.1, 0.15) is 10.7 Å². The maximum atomic E-state index is 12.5. The van der Waals surface area contributed by atoms with Crippen LogP contribution in [0.15, 0.2) is 65.8 Å². The van der Waals surface area contributed by atoms with E-state index >= 15 is 0 Å². The highest BCUT2D eigenvalue weighted by Crippen LogP contribution is 2.18. The lowest BCUT2D eigenvalue weighted by Gasteiger charge is -2.09. The van der Waals surface area contributed by atoms with Gasteiger partial charge in [0.2, 0.25) is 0 Å². The van der Waals surface area contributed by atoms with Crippen molar-refractivity contribution in [1.29, 1.82) is 0 Å². The zero-order chi connectivity index (χ0) is 18.1. The Morgan fingerprint density at radius 3 is 2.65 bits per heavy atom. The van der Waals surface area contributed by atoms with Gasteiger partial charge in [-0.2, -0.15) is 9.78 Å². The van der Waals surface area contributed by atoms with Crippen molar-refractivity contribution in [3.05, 3.63) is 87.1 Å². The van der Waals surface area contributed by atoms with Crippen molar-refractivity contribution in [3.63, 3.8) is 0 Å². The molecule has 0 atom stereocenters. The molecule has 0 aliphatic rings. The lowest BCUT2D eigenvalue weighted by molar-refractivity contribution is 0.807. The maximum absolute atomic E-state index is 12.5. The van der Waals surface area contributed by atoms with E-state index in [4.69, 9.17) is 23.2 Å². The number of nitrogens with one attached hydrogen (secondary N) is 1. The molecule has 8 heteroatoms. The molecular weight excluding hydrogens is 373 g/mol. The summed E-state index contributed by atoms with van der Waals surface area (Å²) in [5.74, 6) is 0. The highest BCUT2D eigenvalue weighted by molar-refractivity contribution is 6.33. The smallest absolute Gasteiger partial charge is 0.292 e. The summed E-state index contributed by atoms with van der Waals surface area (Å²) in [6.45, 7) is 0.398. The van der Waals surface area contributed by atoms with Crippen molar-refractivity contribution in [1.82, 2.24) is 19.2 Å². The van der Waals surface area contributed by atoms with E-state index in [1.54, 1.807) is 24.4 Å². The third-order valence-electron chi connectivity index (χ3n) is 3.84. The number of pyridine rings is 1. The summed E-state index contributed by atoms with van der Waals surface area (Å²) in [6, 6.07) is 12.7. The highest BCUT2D eigenvalue weighted by Gasteiger charge is 2.11. The Bertz CT molecular complexity index is 1140. The van der Waals surface area contributed by atoms with Crippen LogP contribution in [0.25, 0.3) is 11.3 Å². The third-order valence-corrected chi connectivity index (χ3v) is 4.43. The molecule has 0 saturated heterocycles. The molecule has 0 spiro atoms. The summed E-state index contributed by atoms with van der Waals surface area (Å²) in [7, 11) is 0. The van der Waals surface area contributed by atoms with Gasteiger partial charge in [0.25, 0.3) is 5.56 Å². The van der Waals surface area contributed by atoms with Gasteiger partial charge in [0, 0.05) is 12.4 Å². The average Bonchev–Trinajstić information content (AvgIpc) is 3.05. The number of hydrogen-bond acceptors (Lipinski definition) is 4. The quantitative estimate of drug-likeness (QED) is 0.580. The molecule has 0 aliphatic carbocycles. The fourth-order valence-corrected chi connectivity index (χ4v) is 2.96. The number of nitrogens with zero attached hydrogens (tertiary/aromatic N) is 4. The molecule has 0 aliphatic heterocycles. The van der Waals surface area contributed by atoms with Crippen molar-refractivity contribution in [3.8, 4) is 5.69 Å². The number of imidazole rings is 1. The summed E-state index contributed by atoms with van der Waals surface area (Å²) in [4.78, 5) is 17.0. The summed E-state index contributed by atoms with van der Waals surface area (Å²) < 4.78 is 3.10. The van der Waals surface area contributed by atoms with Gasteiger partial charge in [-0.3, -0.25) is 4.79 Å². The largest absolute Gasteiger partial charge is 0.377 e. The van der Waals surface area contributed by atoms with Gasteiger partial charge in [-0.25, -0.2) is 4.98 Å². The Labute approximate surface area is 158 Å². The summed E-state index contributed by atoms with van der Waals surface area (Å²) in [6.07, 6.45) is 5.17. The zero-order valence-corrected chi connectivity index (χ0v) is 14.9. The van der Waals surface area contributed by atoms with Crippen molar-refractivity contribution < 1.29 is 0 Å². The Morgan fingerprint density at radius 1 is 1.04 bits per heavy atom. The standard InChI is InChI=1S/C18H13Cl2N5O/c19-12-6-7-16-23-13(11-24(16)10-12)8-21-15-9-22-25(18(26)17(15)20)14-4-2-1-3-5-14/h1-7,9-11,21H,8H2. The van der Waals surface area contributed by atoms with Crippen LogP contribution in [0.5, 0.6) is 0 Å². The van der Waals surface area contributed by atoms with Crippen LogP contribution < -0.4 is 10.9 Å². The first-order valence-electron chi connectivity index (χ1n) is 7.82. The summed E-state index contributed by atoms with van der Waals surface area (Å²) in [5.41, 5.74) is 2.30. The predicted molar refractivity (Wildman–Crippen MR) is 102 cm³/mol. The second-order valence-corrected chi connectivity index (χ2v) is 6.44. The highest BCUT2D eigenvalue weighted by atomic mass is 35.5. The predicted octanol–water partition coefficient (Wildman–Crippen LogP) is 3.80. The monoisotopic (exact) mass is 385 g/mol. The van der Waals surface area contributed by atoms with E-state index in [0.29, 0.717) is 22.9 Å². The van der Waals surface area contributed by atoms with Crippen molar-refractivity contribution in [2.45, 2.75) is 6.54 Å². The molecule has 3 aromatic heterocycles. The molecule has 0 saturated carbocycles. The van der Waals surface area contributed by atoms with E-state index < -0.39 is 0 Å². The molecule has 0 bridgehead atoms. The molecular formula is C18H13Cl2N5O. The van der Waals surface area contributed by atoms with Crippen LogP contribution in [0.2, 0.25) is 10.0 Å². The first kappa shape index (κ1) is 16.6. The topological polar surface area (TPSA) is 64.2 Å². The van der Waals surface area contributed by atoms with Crippen LogP contribution in [-0.4, -0.2) is 19.2 Å². The minimum atomic E-state index is -0.385. The van der Waals surface area contributed by atoms with Crippen LogP contribution in [0.4, 0.5) is 5.69 Å². The van der Waals surface area contributed by atoms with Gasteiger partial charge in [-0.05, 0) is 24.3 Å². The zero-order valence-electron chi connectivity index (χ0n) is 13.4. The lowest BCUT2D eigenvalue weighted by atomic mass is 10.3. The molecule has 0 radical (unpaired) electrons. The van der Waals surface area contributed by atoms with Gasteiger partial charge in [0.15, 0.2) is 0 Å². The van der Waals surface area contributed by atoms with Gasteiger partial charge < -0.3 is 9.72 Å². The van der Waals surface area contributed by atoms with E-state index in [2.05, 4.69) is 15.4 Å². The number of benzene rings is 1. The van der Waals surface area contributed by atoms with Gasteiger partial charge in [-0.15, -0.1) is 0 Å². The van der Waals surface area contributed by atoms with E-state index in [9.17, 15) is 4.79 Å². The van der Waals surface area contributed by atoms with E-state index in [0.717, 1.165) is 11.3 Å². The second-order valence-electron chi connectivity index (χ2n) is 5.62. The summed E-state index contributed by atoms with van der Waals surface area (Å²) >= 11 is 12.2. The number of fused-ring (bicyclic) bond motifs is 1. The normalized spacial score (nSPS) is 11.0. The van der Waals surface area contributed by atoms with Crippen molar-refractivity contribution >= 4 is 34.5 Å². The number of para-hydroxylation sites is 1.